The van der Waals surface area contributed by atoms with Gasteiger partial charge in [0.1, 0.15) is 22.6 Å². The molecule has 1 aromatic heterocycles. The standard InChI is InChI=1S/C39H60N8O8S/c1-7-12-47(36(52)14-24(6)9-3)31(23(4)5)18-32(55-13-8-2)39-44-30(22-56-39)38(54)43-26-15-25-10-11-27(48)17-28(25)29(16-26)37(53)46-45-35(51)21-42-34(50)20-41-33(49)19-40/h10-11,17,22-24,26,29,31-32,48H,7-9,12-16,18-21,40H2,1-6H3,(H,41,49)(H,42,50)(H,43,54)(H,45,51)(H,46,53)/t24-,26-,29+,31?,32+/m0/s1. The molecule has 1 heterocycles. The van der Waals surface area contributed by atoms with Gasteiger partial charge < -0.3 is 36.4 Å². The summed E-state index contributed by atoms with van der Waals surface area (Å²) in [6.07, 6.45) is 3.71. The lowest BCUT2D eigenvalue weighted by Crippen LogP contribution is -2.50. The summed E-state index contributed by atoms with van der Waals surface area (Å²) in [5.74, 6) is -3.17. The van der Waals surface area contributed by atoms with Crippen molar-refractivity contribution in [3.8, 4) is 5.75 Å². The Bertz CT molecular complexity index is 1650. The van der Waals surface area contributed by atoms with Crippen LogP contribution in [0.5, 0.6) is 5.75 Å². The van der Waals surface area contributed by atoms with E-state index in [0.717, 1.165) is 24.8 Å². The first-order chi connectivity index (χ1) is 26.7. The van der Waals surface area contributed by atoms with E-state index in [1.165, 1.54) is 23.5 Å². The minimum Gasteiger partial charge on any atom is -0.508 e. The molecule has 0 radical (unpaired) electrons. The number of fused-ring (bicyclic) bond motifs is 1. The molecule has 16 nitrogen and oxygen atoms in total. The monoisotopic (exact) mass is 800 g/mol. The van der Waals surface area contributed by atoms with Crippen molar-refractivity contribution in [2.75, 3.05) is 32.8 Å². The van der Waals surface area contributed by atoms with Crippen LogP contribution in [0.15, 0.2) is 23.6 Å². The molecule has 1 aromatic carbocycles. The molecule has 8 N–H and O–H groups in total. The Morgan fingerprint density at radius 1 is 1.00 bits per heavy atom. The van der Waals surface area contributed by atoms with Crippen LogP contribution in [0, 0.1) is 11.8 Å². The molecule has 1 unspecified atom stereocenters. The van der Waals surface area contributed by atoms with Crippen LogP contribution in [0.4, 0.5) is 0 Å². The highest BCUT2D eigenvalue weighted by Gasteiger charge is 2.35. The van der Waals surface area contributed by atoms with E-state index >= 15 is 0 Å². The number of nitrogens with zero attached hydrogens (tertiary/aromatic N) is 2. The number of hydrogen-bond acceptors (Lipinski definition) is 11. The van der Waals surface area contributed by atoms with E-state index in [-0.39, 0.29) is 54.7 Å². The Morgan fingerprint density at radius 2 is 1.71 bits per heavy atom. The summed E-state index contributed by atoms with van der Waals surface area (Å²) in [7, 11) is 0. The van der Waals surface area contributed by atoms with Crippen LogP contribution in [0.1, 0.15) is 119 Å². The maximum atomic E-state index is 13.7. The number of phenols is 1. The van der Waals surface area contributed by atoms with Gasteiger partial charge in [-0.15, -0.1) is 11.3 Å². The van der Waals surface area contributed by atoms with Gasteiger partial charge in [0.25, 0.3) is 11.8 Å². The van der Waals surface area contributed by atoms with Gasteiger partial charge in [-0.05, 0) is 60.8 Å². The molecule has 0 saturated heterocycles. The summed E-state index contributed by atoms with van der Waals surface area (Å²) in [6, 6.07) is 4.11. The van der Waals surface area contributed by atoms with Crippen LogP contribution in [-0.2, 0) is 35.1 Å². The lowest BCUT2D eigenvalue weighted by atomic mass is 9.79. The fourth-order valence-electron chi connectivity index (χ4n) is 6.52. The molecule has 0 spiro atoms. The fraction of sp³-hybridized carbons (Fsp3) is 0.615. The van der Waals surface area contributed by atoms with Gasteiger partial charge >= 0.3 is 0 Å². The molecular formula is C39H60N8O8S. The summed E-state index contributed by atoms with van der Waals surface area (Å²) >= 11 is 1.33. The Hall–Kier alpha value is -4.61. The zero-order valence-electron chi connectivity index (χ0n) is 33.4. The summed E-state index contributed by atoms with van der Waals surface area (Å²) in [5.41, 5.74) is 11.3. The number of phenolic OH excluding ortho intramolecular Hbond substituents is 1. The Labute approximate surface area is 333 Å². The van der Waals surface area contributed by atoms with E-state index in [0.29, 0.717) is 43.0 Å². The highest BCUT2D eigenvalue weighted by molar-refractivity contribution is 7.09. The number of aromatic hydroxyl groups is 1. The van der Waals surface area contributed by atoms with E-state index < -0.39 is 54.1 Å². The molecule has 3 rings (SSSR count). The van der Waals surface area contributed by atoms with Crippen LogP contribution in [0.25, 0.3) is 0 Å². The number of thiazole rings is 1. The second-order valence-corrected chi connectivity index (χ2v) is 15.5. The summed E-state index contributed by atoms with van der Waals surface area (Å²) in [5, 5.41) is 20.2. The van der Waals surface area contributed by atoms with E-state index in [4.69, 9.17) is 15.5 Å². The highest BCUT2D eigenvalue weighted by Crippen LogP contribution is 2.35. The number of rotatable bonds is 21. The molecule has 1 aliphatic carbocycles. The van der Waals surface area contributed by atoms with Gasteiger partial charge in [-0.2, -0.15) is 0 Å². The van der Waals surface area contributed by atoms with Gasteiger partial charge in [0.05, 0.1) is 25.6 Å². The number of hydrazine groups is 1. The smallest absolute Gasteiger partial charge is 0.270 e. The first kappa shape index (κ1) is 45.8. The SMILES string of the molecule is CCCO[C@H](CC(C(C)C)N(CCC)C(=O)C[C@@H](C)CC)c1nc(C(=O)N[C@H]2Cc3ccc(O)cc3[C@H](C(=O)NNC(=O)CNC(=O)CNC(=O)CN)C2)cs1. The lowest BCUT2D eigenvalue weighted by molar-refractivity contribution is -0.136. The maximum absolute atomic E-state index is 13.7. The Morgan fingerprint density at radius 3 is 2.38 bits per heavy atom. The largest absolute Gasteiger partial charge is 0.508 e. The highest BCUT2D eigenvalue weighted by atomic mass is 32.1. The molecule has 1 aliphatic rings. The average Bonchev–Trinajstić information content (AvgIpc) is 3.67. The van der Waals surface area contributed by atoms with Crippen molar-refractivity contribution in [2.45, 2.75) is 111 Å². The van der Waals surface area contributed by atoms with Crippen LogP contribution >= 0.6 is 11.3 Å². The second kappa shape index (κ2) is 22.8. The van der Waals surface area contributed by atoms with Gasteiger partial charge in [0.15, 0.2) is 0 Å². The van der Waals surface area contributed by atoms with Crippen molar-refractivity contribution >= 4 is 46.8 Å². The van der Waals surface area contributed by atoms with Crippen molar-refractivity contribution in [3.05, 3.63) is 45.4 Å². The second-order valence-electron chi connectivity index (χ2n) is 14.6. The van der Waals surface area contributed by atoms with Gasteiger partial charge in [0.2, 0.25) is 23.6 Å². The van der Waals surface area contributed by atoms with Crippen molar-refractivity contribution < 1.29 is 38.6 Å². The number of benzene rings is 1. The molecule has 5 atom stereocenters. The number of nitrogens with one attached hydrogen (secondary N) is 5. The Balaban J connectivity index is 1.72. The van der Waals surface area contributed by atoms with Crippen molar-refractivity contribution in [3.63, 3.8) is 0 Å². The predicted octanol–water partition coefficient (Wildman–Crippen LogP) is 2.57. The molecule has 310 valence electrons. The van der Waals surface area contributed by atoms with Crippen molar-refractivity contribution in [1.82, 2.24) is 36.7 Å². The molecule has 0 bridgehead atoms. The molecule has 56 heavy (non-hydrogen) atoms. The van der Waals surface area contributed by atoms with Crippen LogP contribution in [0.3, 0.4) is 0 Å². The van der Waals surface area contributed by atoms with E-state index in [2.05, 4.69) is 61.4 Å². The van der Waals surface area contributed by atoms with Crippen LogP contribution < -0.4 is 32.5 Å². The molecule has 0 saturated carbocycles. The van der Waals surface area contributed by atoms with Crippen molar-refractivity contribution in [1.29, 1.82) is 0 Å². The van der Waals surface area contributed by atoms with Crippen LogP contribution in [-0.4, -0.2) is 95.3 Å². The molecule has 0 fully saturated rings. The number of nitrogens with two attached hydrogens (primary N) is 1. The minimum atomic E-state index is -0.850. The molecular weight excluding hydrogens is 741 g/mol. The van der Waals surface area contributed by atoms with Gasteiger partial charge in [-0.25, -0.2) is 4.98 Å². The van der Waals surface area contributed by atoms with E-state index in [1.54, 1.807) is 11.4 Å². The third-order valence-electron chi connectivity index (χ3n) is 9.73. The lowest BCUT2D eigenvalue weighted by Gasteiger charge is -2.37. The number of carbonyl (C=O) groups is 6. The maximum Gasteiger partial charge on any atom is 0.270 e. The molecule has 17 heteroatoms. The minimum absolute atomic E-state index is 0.0373. The van der Waals surface area contributed by atoms with E-state index in [9.17, 15) is 33.9 Å². The predicted molar refractivity (Wildman–Crippen MR) is 212 cm³/mol. The summed E-state index contributed by atoms with van der Waals surface area (Å²) in [6.45, 7) is 12.5. The Kier molecular flexibility index (Phi) is 18.7. The average molecular weight is 801 g/mol. The zero-order valence-corrected chi connectivity index (χ0v) is 34.3. The summed E-state index contributed by atoms with van der Waals surface area (Å²) < 4.78 is 6.33. The normalized spacial score (nSPS) is 16.5. The van der Waals surface area contributed by atoms with Gasteiger partial charge in [-0.3, -0.25) is 39.6 Å². The molecule has 6 amide bonds. The first-order valence-corrected chi connectivity index (χ1v) is 20.4. The number of hydrogen-bond donors (Lipinski definition) is 7. The number of ether oxygens (including phenoxy) is 1. The zero-order chi connectivity index (χ0) is 41.4. The van der Waals surface area contributed by atoms with Crippen LogP contribution in [0.2, 0.25) is 0 Å². The molecule has 2 aromatic rings. The topological polar surface area (TPSA) is 234 Å². The van der Waals surface area contributed by atoms with Gasteiger partial charge in [0, 0.05) is 43.5 Å². The summed E-state index contributed by atoms with van der Waals surface area (Å²) in [4.78, 5) is 82.8. The van der Waals surface area contributed by atoms with E-state index in [1.807, 2.05) is 11.8 Å². The van der Waals surface area contributed by atoms with Gasteiger partial charge in [-0.1, -0.05) is 54.0 Å². The molecule has 0 aliphatic heterocycles. The fourth-order valence-corrected chi connectivity index (χ4v) is 7.38. The first-order valence-electron chi connectivity index (χ1n) is 19.5. The third-order valence-corrected chi connectivity index (χ3v) is 10.7. The van der Waals surface area contributed by atoms with Crippen molar-refractivity contribution in [2.24, 2.45) is 17.6 Å². The number of carbonyl (C=O) groups excluding carboxylic acids is 6. The number of aromatic nitrogens is 1. The quantitative estimate of drug-likeness (QED) is 0.0912. The number of amides is 6. The third kappa shape index (κ3) is 13.8.